The molecule has 1 fully saturated rings. The highest BCUT2D eigenvalue weighted by atomic mass is 35.5. The van der Waals surface area contributed by atoms with Gasteiger partial charge in [-0.25, -0.2) is 13.2 Å². The number of nitrogens with one attached hydrogen (secondary N) is 2. The van der Waals surface area contributed by atoms with E-state index in [1.165, 1.54) is 5.56 Å². The Morgan fingerprint density at radius 1 is 0.923 bits per heavy atom. The monoisotopic (exact) mass is 572 g/mol. The summed E-state index contributed by atoms with van der Waals surface area (Å²) in [6.45, 7) is 6.01. The Bertz CT molecular complexity index is 1280. The van der Waals surface area contributed by atoms with Gasteiger partial charge in [0.15, 0.2) is 0 Å². The fraction of sp³-hybridized carbons (Fsp3) is 0.345. The Morgan fingerprint density at radius 2 is 1.51 bits per heavy atom. The van der Waals surface area contributed by atoms with Crippen molar-refractivity contribution in [2.45, 2.75) is 38.9 Å². The van der Waals surface area contributed by atoms with E-state index in [-0.39, 0.29) is 24.5 Å². The van der Waals surface area contributed by atoms with E-state index in [9.17, 15) is 13.2 Å². The van der Waals surface area contributed by atoms with Gasteiger partial charge in [0.25, 0.3) is 0 Å². The molecule has 10 heteroatoms. The second kappa shape index (κ2) is 14.2. The molecule has 0 saturated carbocycles. The number of benzene rings is 3. The quantitative estimate of drug-likeness (QED) is 0.336. The lowest BCUT2D eigenvalue weighted by atomic mass is 10.0. The molecule has 1 aliphatic heterocycles. The van der Waals surface area contributed by atoms with Gasteiger partial charge >= 0.3 is 6.03 Å². The van der Waals surface area contributed by atoms with Crippen molar-refractivity contribution in [3.63, 3.8) is 0 Å². The van der Waals surface area contributed by atoms with E-state index in [0.717, 1.165) is 50.0 Å². The lowest BCUT2D eigenvalue weighted by molar-refractivity contribution is 0.168. The molecule has 2 amide bonds. The molecule has 0 bridgehead atoms. The summed E-state index contributed by atoms with van der Waals surface area (Å²) < 4.78 is 31.0. The van der Waals surface area contributed by atoms with Crippen LogP contribution in [0.4, 0.5) is 10.5 Å². The van der Waals surface area contributed by atoms with Gasteiger partial charge in [-0.05, 0) is 67.3 Å². The molecule has 1 saturated heterocycles. The van der Waals surface area contributed by atoms with Crippen LogP contribution in [0.15, 0.2) is 78.9 Å². The van der Waals surface area contributed by atoms with E-state index in [0.29, 0.717) is 24.5 Å². The number of carbonyl (C=O) groups is 1. The van der Waals surface area contributed by atoms with Gasteiger partial charge in [-0.15, -0.1) is 12.4 Å². The number of urea groups is 1. The number of carbonyl (C=O) groups excluding carboxylic acids is 1. The largest absolute Gasteiger partial charge is 0.457 e. The Morgan fingerprint density at radius 3 is 2.08 bits per heavy atom. The maximum absolute atomic E-state index is 12.8. The summed E-state index contributed by atoms with van der Waals surface area (Å²) in [5.41, 5.74) is 2.83. The van der Waals surface area contributed by atoms with E-state index in [1.54, 1.807) is 24.3 Å². The smallest absolute Gasteiger partial charge is 0.317 e. The summed E-state index contributed by atoms with van der Waals surface area (Å²) in [5.74, 6) is 1.35. The van der Waals surface area contributed by atoms with Crippen molar-refractivity contribution in [2.24, 2.45) is 0 Å². The van der Waals surface area contributed by atoms with Crippen LogP contribution >= 0.6 is 12.4 Å². The Kier molecular flexibility index (Phi) is 11.0. The zero-order valence-corrected chi connectivity index (χ0v) is 24.0. The predicted molar refractivity (Wildman–Crippen MR) is 158 cm³/mol. The minimum absolute atomic E-state index is 0. The highest BCUT2D eigenvalue weighted by Crippen LogP contribution is 2.24. The Hall–Kier alpha value is -3.27. The summed E-state index contributed by atoms with van der Waals surface area (Å²) in [5, 5.41) is 3.23. The molecule has 8 nitrogen and oxygen atoms in total. The fourth-order valence-corrected chi connectivity index (χ4v) is 5.06. The van der Waals surface area contributed by atoms with Gasteiger partial charge in [0.05, 0.1) is 6.26 Å². The summed E-state index contributed by atoms with van der Waals surface area (Å²) in [6, 6.07) is 25.1. The second-order valence-corrected chi connectivity index (χ2v) is 11.4. The molecule has 210 valence electrons. The first-order valence-electron chi connectivity index (χ1n) is 12.9. The number of rotatable bonds is 10. The number of sulfonamides is 1. The molecular weight excluding hydrogens is 536 g/mol. The molecule has 0 aromatic heterocycles. The van der Waals surface area contributed by atoms with Crippen molar-refractivity contribution in [3.05, 3.63) is 90.0 Å². The lowest BCUT2D eigenvalue weighted by Gasteiger charge is -2.33. The van der Waals surface area contributed by atoms with E-state index in [2.05, 4.69) is 27.1 Å². The lowest BCUT2D eigenvalue weighted by Crippen LogP contribution is -2.48. The van der Waals surface area contributed by atoms with Crippen LogP contribution in [0.2, 0.25) is 0 Å². The number of nitrogens with zero attached hydrogens (tertiary/aromatic N) is 2. The highest BCUT2D eigenvalue weighted by Gasteiger charge is 2.22. The van der Waals surface area contributed by atoms with Crippen LogP contribution < -0.4 is 14.8 Å². The number of hydrogen-bond acceptors (Lipinski definition) is 5. The van der Waals surface area contributed by atoms with Crippen molar-refractivity contribution in [1.82, 2.24) is 15.1 Å². The zero-order chi connectivity index (χ0) is 27.0. The topological polar surface area (TPSA) is 91.0 Å². The molecule has 0 spiro atoms. The van der Waals surface area contributed by atoms with Crippen LogP contribution in [0.25, 0.3) is 0 Å². The highest BCUT2D eigenvalue weighted by molar-refractivity contribution is 7.92. The van der Waals surface area contributed by atoms with Gasteiger partial charge < -0.3 is 15.0 Å². The first-order chi connectivity index (χ1) is 18.3. The van der Waals surface area contributed by atoms with Crippen molar-refractivity contribution in [3.8, 4) is 11.5 Å². The van der Waals surface area contributed by atoms with Gasteiger partial charge in [-0.1, -0.05) is 42.5 Å². The third-order valence-electron chi connectivity index (χ3n) is 6.52. The number of halogens is 1. The van der Waals surface area contributed by atoms with Crippen LogP contribution in [0.5, 0.6) is 11.5 Å². The van der Waals surface area contributed by atoms with Crippen LogP contribution in [0, 0.1) is 0 Å². The number of anilines is 1. The molecule has 0 radical (unpaired) electrons. The number of likely N-dealkylation sites (tertiary alicyclic amines) is 1. The van der Waals surface area contributed by atoms with Gasteiger partial charge in [0.2, 0.25) is 10.0 Å². The Balaban J connectivity index is 0.00000420. The van der Waals surface area contributed by atoms with E-state index in [1.807, 2.05) is 54.3 Å². The standard InChI is InChI=1S/C29H36N4O4S.ClH/c1-3-33(22-23-7-5-4-6-8-23)29(34)30-25-17-19-32(20-18-25)21-24-9-13-27(14-10-24)37-28-15-11-26(12-16-28)31-38(2,35)36;/h4-16,25,31H,3,17-22H2,1-2H3,(H,30,34);1H. The van der Waals surface area contributed by atoms with Gasteiger partial charge in [0, 0.05) is 44.5 Å². The molecule has 4 rings (SSSR count). The molecule has 2 N–H and O–H groups in total. The minimum atomic E-state index is -3.31. The molecule has 3 aromatic rings. The molecule has 0 aliphatic carbocycles. The molecule has 0 unspecified atom stereocenters. The maximum atomic E-state index is 12.8. The number of piperidine rings is 1. The summed E-state index contributed by atoms with van der Waals surface area (Å²) in [4.78, 5) is 17.1. The van der Waals surface area contributed by atoms with Crippen molar-refractivity contribution < 1.29 is 17.9 Å². The minimum Gasteiger partial charge on any atom is -0.457 e. The van der Waals surface area contributed by atoms with Crippen LogP contribution in [-0.2, 0) is 23.1 Å². The maximum Gasteiger partial charge on any atom is 0.317 e. The van der Waals surface area contributed by atoms with Crippen LogP contribution in [0.1, 0.15) is 30.9 Å². The molecule has 3 aromatic carbocycles. The number of amides is 2. The summed E-state index contributed by atoms with van der Waals surface area (Å²) in [7, 11) is -3.31. The van der Waals surface area contributed by atoms with Crippen LogP contribution in [-0.4, -0.2) is 56.2 Å². The zero-order valence-electron chi connectivity index (χ0n) is 22.4. The van der Waals surface area contributed by atoms with E-state index < -0.39 is 10.0 Å². The van der Waals surface area contributed by atoms with Crippen LogP contribution in [0.3, 0.4) is 0 Å². The molecule has 0 atom stereocenters. The molecular formula is C29H37ClN4O4S. The molecule has 39 heavy (non-hydrogen) atoms. The van der Waals surface area contributed by atoms with Crippen molar-refractivity contribution in [2.75, 3.05) is 30.6 Å². The van der Waals surface area contributed by atoms with Gasteiger partial charge in [0.1, 0.15) is 11.5 Å². The average Bonchev–Trinajstić information content (AvgIpc) is 2.90. The molecule has 1 heterocycles. The third kappa shape index (κ3) is 9.76. The number of hydrogen-bond donors (Lipinski definition) is 2. The third-order valence-corrected chi connectivity index (χ3v) is 7.13. The predicted octanol–water partition coefficient (Wildman–Crippen LogP) is 5.47. The summed E-state index contributed by atoms with van der Waals surface area (Å²) in [6.07, 6.45) is 2.98. The SMILES string of the molecule is CCN(Cc1ccccc1)C(=O)NC1CCN(Cc2ccc(Oc3ccc(NS(C)(=O)=O)cc3)cc2)CC1.Cl. The Labute approximate surface area is 237 Å². The fourth-order valence-electron chi connectivity index (χ4n) is 4.49. The first-order valence-corrected chi connectivity index (χ1v) is 14.8. The first kappa shape index (κ1) is 30.3. The normalized spacial score (nSPS) is 14.2. The van der Waals surface area contributed by atoms with Gasteiger partial charge in [-0.3, -0.25) is 9.62 Å². The number of ether oxygens (including phenoxy) is 1. The summed E-state index contributed by atoms with van der Waals surface area (Å²) >= 11 is 0. The second-order valence-electron chi connectivity index (χ2n) is 9.64. The van der Waals surface area contributed by atoms with Crippen molar-refractivity contribution >= 4 is 34.1 Å². The molecule has 1 aliphatic rings. The van der Waals surface area contributed by atoms with Gasteiger partial charge in [-0.2, -0.15) is 0 Å². The van der Waals surface area contributed by atoms with E-state index >= 15 is 0 Å². The average molecular weight is 573 g/mol. The van der Waals surface area contributed by atoms with E-state index in [4.69, 9.17) is 4.74 Å². The van der Waals surface area contributed by atoms with Crippen molar-refractivity contribution in [1.29, 1.82) is 0 Å².